The van der Waals surface area contributed by atoms with E-state index in [1.54, 1.807) is 0 Å². The Kier molecular flexibility index (Phi) is 4.30. The van der Waals surface area contributed by atoms with E-state index in [2.05, 4.69) is 20.4 Å². The SMILES string of the molecule is COC(=O)Nc1nc(NC(C)=O)c(N)cc1OC. The third-order valence-electron chi connectivity index (χ3n) is 1.94. The van der Waals surface area contributed by atoms with E-state index in [1.807, 2.05) is 0 Å². The van der Waals surface area contributed by atoms with Crippen LogP contribution < -0.4 is 21.1 Å². The standard InChI is InChI=1S/C10H14N4O4/c1-5(15)12-8-6(11)4-7(17-2)9(13-8)14-10(16)18-3/h4H,11H2,1-3H3,(H2,12,13,14,15,16). The van der Waals surface area contributed by atoms with Gasteiger partial charge in [-0.3, -0.25) is 10.1 Å². The Bertz CT molecular complexity index is 475. The van der Waals surface area contributed by atoms with Crippen LogP contribution in [-0.4, -0.2) is 31.2 Å². The first-order valence-corrected chi connectivity index (χ1v) is 4.95. The maximum atomic E-state index is 11.1. The minimum atomic E-state index is -0.709. The number of amides is 2. The molecular formula is C10H14N4O4. The van der Waals surface area contributed by atoms with Crippen molar-refractivity contribution in [1.82, 2.24) is 4.98 Å². The zero-order valence-corrected chi connectivity index (χ0v) is 10.2. The molecule has 1 aromatic heterocycles. The van der Waals surface area contributed by atoms with Gasteiger partial charge in [-0.2, -0.15) is 0 Å². The van der Waals surface area contributed by atoms with Crippen LogP contribution in [0.5, 0.6) is 5.75 Å². The number of hydrogen-bond donors (Lipinski definition) is 3. The van der Waals surface area contributed by atoms with Gasteiger partial charge in [0.15, 0.2) is 17.4 Å². The van der Waals surface area contributed by atoms with E-state index in [1.165, 1.54) is 27.2 Å². The second kappa shape index (κ2) is 5.71. The van der Waals surface area contributed by atoms with Gasteiger partial charge in [-0.25, -0.2) is 9.78 Å². The van der Waals surface area contributed by atoms with Crippen molar-refractivity contribution in [3.8, 4) is 5.75 Å². The van der Waals surface area contributed by atoms with Gasteiger partial charge in [0.25, 0.3) is 0 Å². The molecule has 8 nitrogen and oxygen atoms in total. The van der Waals surface area contributed by atoms with Crippen LogP contribution >= 0.6 is 0 Å². The smallest absolute Gasteiger partial charge is 0.412 e. The van der Waals surface area contributed by atoms with Crippen molar-refractivity contribution in [2.45, 2.75) is 6.92 Å². The molecule has 98 valence electrons. The second-order valence-electron chi connectivity index (χ2n) is 3.27. The molecule has 8 heteroatoms. The zero-order valence-electron chi connectivity index (χ0n) is 10.2. The van der Waals surface area contributed by atoms with Gasteiger partial charge in [0.1, 0.15) is 0 Å². The number of rotatable bonds is 3. The molecule has 0 fully saturated rings. The predicted octanol–water partition coefficient (Wildman–Crippen LogP) is 0.809. The Morgan fingerprint density at radius 2 is 1.94 bits per heavy atom. The molecule has 0 spiro atoms. The normalized spacial score (nSPS) is 9.50. The van der Waals surface area contributed by atoms with E-state index in [-0.39, 0.29) is 29.0 Å². The number of pyridine rings is 1. The number of nitrogen functional groups attached to an aromatic ring is 1. The summed E-state index contributed by atoms with van der Waals surface area (Å²) in [6, 6.07) is 1.43. The van der Waals surface area contributed by atoms with Crippen LogP contribution in [0, 0.1) is 0 Å². The van der Waals surface area contributed by atoms with Gasteiger partial charge in [-0.15, -0.1) is 0 Å². The summed E-state index contributed by atoms with van der Waals surface area (Å²) in [4.78, 5) is 26.1. The number of nitrogens with one attached hydrogen (secondary N) is 2. The molecule has 0 aliphatic carbocycles. The van der Waals surface area contributed by atoms with Gasteiger partial charge in [-0.1, -0.05) is 0 Å². The van der Waals surface area contributed by atoms with Crippen molar-refractivity contribution in [2.24, 2.45) is 0 Å². The molecule has 1 aromatic rings. The fraction of sp³-hybridized carbons (Fsp3) is 0.300. The van der Waals surface area contributed by atoms with Crippen LogP contribution in [0.4, 0.5) is 22.1 Å². The average Bonchev–Trinajstić information content (AvgIpc) is 2.32. The lowest BCUT2D eigenvalue weighted by atomic mass is 10.3. The fourth-order valence-electron chi connectivity index (χ4n) is 1.17. The summed E-state index contributed by atoms with van der Waals surface area (Å²) in [5.41, 5.74) is 5.90. The molecular weight excluding hydrogens is 240 g/mol. The molecule has 1 heterocycles. The number of anilines is 3. The summed E-state index contributed by atoms with van der Waals surface area (Å²) in [5.74, 6) is 0.160. The van der Waals surface area contributed by atoms with Gasteiger partial charge >= 0.3 is 6.09 Å². The largest absolute Gasteiger partial charge is 0.493 e. The summed E-state index contributed by atoms with van der Waals surface area (Å²) in [7, 11) is 2.62. The highest BCUT2D eigenvalue weighted by atomic mass is 16.5. The summed E-state index contributed by atoms with van der Waals surface area (Å²) in [6.07, 6.45) is -0.709. The molecule has 0 aliphatic rings. The van der Waals surface area contributed by atoms with Crippen LogP contribution in [0.15, 0.2) is 6.07 Å². The van der Waals surface area contributed by atoms with E-state index in [0.717, 1.165) is 0 Å². The van der Waals surface area contributed by atoms with E-state index in [4.69, 9.17) is 10.5 Å². The molecule has 0 aromatic carbocycles. The number of aromatic nitrogens is 1. The lowest BCUT2D eigenvalue weighted by Gasteiger charge is -2.12. The van der Waals surface area contributed by atoms with Crippen LogP contribution in [0.1, 0.15) is 6.92 Å². The minimum Gasteiger partial charge on any atom is -0.493 e. The van der Waals surface area contributed by atoms with Gasteiger partial charge < -0.3 is 20.5 Å². The number of methoxy groups -OCH3 is 2. The lowest BCUT2D eigenvalue weighted by Crippen LogP contribution is -2.16. The number of ether oxygens (including phenoxy) is 2. The number of nitrogens with zero attached hydrogens (tertiary/aromatic N) is 1. The first kappa shape index (κ1) is 13.6. The van der Waals surface area contributed by atoms with Gasteiger partial charge in [0.2, 0.25) is 5.91 Å². The topological polar surface area (TPSA) is 116 Å². The van der Waals surface area contributed by atoms with E-state index in [9.17, 15) is 9.59 Å². The van der Waals surface area contributed by atoms with Crippen molar-refractivity contribution in [1.29, 1.82) is 0 Å². The molecule has 0 atom stereocenters. The first-order chi connectivity index (χ1) is 8.47. The summed E-state index contributed by atoms with van der Waals surface area (Å²) >= 11 is 0. The molecule has 0 radical (unpaired) electrons. The highest BCUT2D eigenvalue weighted by Crippen LogP contribution is 2.29. The summed E-state index contributed by atoms with van der Waals surface area (Å²) in [6.45, 7) is 1.32. The molecule has 0 aliphatic heterocycles. The third kappa shape index (κ3) is 3.24. The molecule has 0 saturated heterocycles. The fourth-order valence-corrected chi connectivity index (χ4v) is 1.17. The molecule has 4 N–H and O–H groups in total. The quantitative estimate of drug-likeness (QED) is 0.735. The van der Waals surface area contributed by atoms with E-state index < -0.39 is 6.09 Å². The molecule has 0 saturated carbocycles. The van der Waals surface area contributed by atoms with Crippen molar-refractivity contribution in [3.63, 3.8) is 0 Å². The third-order valence-corrected chi connectivity index (χ3v) is 1.94. The highest BCUT2D eigenvalue weighted by molar-refractivity contribution is 5.93. The van der Waals surface area contributed by atoms with E-state index >= 15 is 0 Å². The van der Waals surface area contributed by atoms with Gasteiger partial charge in [-0.05, 0) is 0 Å². The molecule has 0 unspecified atom stereocenters. The Hall–Kier alpha value is -2.51. The number of carbonyl (C=O) groups is 2. The number of hydrogen-bond acceptors (Lipinski definition) is 6. The van der Waals surface area contributed by atoms with Crippen LogP contribution in [0.25, 0.3) is 0 Å². The predicted molar refractivity (Wildman–Crippen MR) is 65.5 cm³/mol. The van der Waals surface area contributed by atoms with Crippen molar-refractivity contribution >= 4 is 29.3 Å². The zero-order chi connectivity index (χ0) is 13.7. The first-order valence-electron chi connectivity index (χ1n) is 4.95. The molecule has 18 heavy (non-hydrogen) atoms. The van der Waals surface area contributed by atoms with Crippen LogP contribution in [-0.2, 0) is 9.53 Å². The number of nitrogens with two attached hydrogens (primary N) is 1. The summed E-state index contributed by atoms with van der Waals surface area (Å²) < 4.78 is 9.45. The summed E-state index contributed by atoms with van der Waals surface area (Å²) in [5, 5.41) is 4.78. The van der Waals surface area contributed by atoms with Gasteiger partial charge in [0, 0.05) is 13.0 Å². The Balaban J connectivity index is 3.13. The molecule has 0 bridgehead atoms. The lowest BCUT2D eigenvalue weighted by molar-refractivity contribution is -0.114. The average molecular weight is 254 g/mol. The monoisotopic (exact) mass is 254 g/mol. The maximum Gasteiger partial charge on any atom is 0.412 e. The van der Waals surface area contributed by atoms with Crippen molar-refractivity contribution in [3.05, 3.63) is 6.07 Å². The maximum absolute atomic E-state index is 11.1. The van der Waals surface area contributed by atoms with Crippen LogP contribution in [0.2, 0.25) is 0 Å². The Morgan fingerprint density at radius 3 is 2.44 bits per heavy atom. The second-order valence-corrected chi connectivity index (χ2v) is 3.27. The van der Waals surface area contributed by atoms with E-state index in [0.29, 0.717) is 0 Å². The Morgan fingerprint density at radius 1 is 1.28 bits per heavy atom. The van der Waals surface area contributed by atoms with Gasteiger partial charge in [0.05, 0.1) is 19.9 Å². The highest BCUT2D eigenvalue weighted by Gasteiger charge is 2.14. The Labute approximate surface area is 103 Å². The van der Waals surface area contributed by atoms with Crippen LogP contribution in [0.3, 0.4) is 0 Å². The minimum absolute atomic E-state index is 0.0994. The molecule has 2 amide bonds. The van der Waals surface area contributed by atoms with Crippen molar-refractivity contribution in [2.75, 3.05) is 30.6 Å². The van der Waals surface area contributed by atoms with Crippen molar-refractivity contribution < 1.29 is 19.1 Å². The molecule has 1 rings (SSSR count). The number of carbonyl (C=O) groups excluding carboxylic acids is 2.